The highest BCUT2D eigenvalue weighted by molar-refractivity contribution is 7.22. The summed E-state index contributed by atoms with van der Waals surface area (Å²) in [7, 11) is -2.66. The molecule has 0 N–H and O–H groups in total. The zero-order chi connectivity index (χ0) is 33.5. The Hall–Kier alpha value is -6.42. The summed E-state index contributed by atoms with van der Waals surface area (Å²) in [4.78, 5) is 0. The lowest BCUT2D eigenvalue weighted by Crippen LogP contribution is -2.72. The summed E-state index contributed by atoms with van der Waals surface area (Å²) in [5.74, 6) is 0. The predicted molar refractivity (Wildman–Crippen MR) is 218 cm³/mol. The fraction of sp³-hybridized carbons (Fsp3) is 0. The Morgan fingerprint density at radius 3 is 1.63 bits per heavy atom. The minimum atomic E-state index is -2.66. The lowest BCUT2D eigenvalue weighted by molar-refractivity contribution is 1.17. The van der Waals surface area contributed by atoms with Crippen molar-refractivity contribution >= 4 is 72.4 Å². The van der Waals surface area contributed by atoms with Gasteiger partial charge in [-0.05, 0) is 74.3 Å². The van der Waals surface area contributed by atoms with E-state index in [1.165, 1.54) is 86.9 Å². The Morgan fingerprint density at radius 2 is 0.902 bits per heavy atom. The van der Waals surface area contributed by atoms with Crippen molar-refractivity contribution in [3.8, 4) is 22.5 Å². The van der Waals surface area contributed by atoms with Crippen LogP contribution in [0.15, 0.2) is 194 Å². The Balaban J connectivity index is 1.29. The van der Waals surface area contributed by atoms with E-state index in [9.17, 15) is 0 Å². The molecule has 0 atom stereocenters. The number of nitrogens with zero attached hydrogens (tertiary/aromatic N) is 2. The Kier molecular flexibility index (Phi) is 6.01. The molecule has 0 saturated carbocycles. The largest absolute Gasteiger partial charge is 0.309 e. The summed E-state index contributed by atoms with van der Waals surface area (Å²) in [6, 6.07) is 72.3. The van der Waals surface area contributed by atoms with Crippen LogP contribution in [0.5, 0.6) is 0 Å². The molecule has 0 unspecified atom stereocenters. The van der Waals surface area contributed by atoms with E-state index in [4.69, 9.17) is 0 Å². The quantitative estimate of drug-likeness (QED) is 0.166. The van der Waals surface area contributed by atoms with Gasteiger partial charge in [-0.1, -0.05) is 152 Å². The third kappa shape index (κ3) is 3.81. The van der Waals surface area contributed by atoms with E-state index in [0.29, 0.717) is 0 Å². The lowest BCUT2D eigenvalue weighted by Gasteiger charge is -2.31. The van der Waals surface area contributed by atoms with Crippen LogP contribution >= 0.6 is 0 Å². The van der Waals surface area contributed by atoms with Crippen LogP contribution in [0.1, 0.15) is 0 Å². The first-order valence-corrected chi connectivity index (χ1v) is 19.7. The molecule has 0 amide bonds. The summed E-state index contributed by atoms with van der Waals surface area (Å²) >= 11 is 0. The third-order valence-electron chi connectivity index (χ3n) is 11.2. The smallest absolute Gasteiger partial charge is 0.180 e. The predicted octanol–water partition coefficient (Wildman–Crippen LogP) is 9.24. The highest BCUT2D eigenvalue weighted by Crippen LogP contribution is 2.42. The van der Waals surface area contributed by atoms with E-state index in [2.05, 4.69) is 203 Å². The molecule has 238 valence electrons. The number of hydrogen-bond donors (Lipinski definition) is 0. The first-order chi connectivity index (χ1) is 25.3. The van der Waals surface area contributed by atoms with E-state index in [0.717, 1.165) is 0 Å². The average molecular weight is 665 g/mol. The van der Waals surface area contributed by atoms with Crippen LogP contribution < -0.4 is 20.7 Å². The van der Waals surface area contributed by atoms with E-state index in [1.54, 1.807) is 0 Å². The van der Waals surface area contributed by atoms with Crippen LogP contribution in [0.4, 0.5) is 0 Å². The average Bonchev–Trinajstić information content (AvgIpc) is 3.83. The molecule has 8 aromatic carbocycles. The summed E-state index contributed by atoms with van der Waals surface area (Å²) < 4.78 is 4.97. The van der Waals surface area contributed by atoms with E-state index >= 15 is 0 Å². The van der Waals surface area contributed by atoms with Crippen molar-refractivity contribution in [3.63, 3.8) is 0 Å². The summed E-state index contributed by atoms with van der Waals surface area (Å²) in [5, 5.41) is 10.8. The van der Waals surface area contributed by atoms with Gasteiger partial charge in [0.2, 0.25) is 0 Å². The minimum Gasteiger partial charge on any atom is -0.309 e. The van der Waals surface area contributed by atoms with Crippen molar-refractivity contribution < 1.29 is 0 Å². The second-order valence-electron chi connectivity index (χ2n) is 13.7. The number of hydrogen-bond acceptors (Lipinski definition) is 0. The molecular formula is C48H32N2Si. The van der Waals surface area contributed by atoms with Crippen molar-refractivity contribution in [2.24, 2.45) is 0 Å². The Morgan fingerprint density at radius 1 is 0.333 bits per heavy atom. The molecule has 51 heavy (non-hydrogen) atoms. The van der Waals surface area contributed by atoms with Gasteiger partial charge >= 0.3 is 0 Å². The van der Waals surface area contributed by atoms with Crippen molar-refractivity contribution in [2.75, 3.05) is 0 Å². The van der Waals surface area contributed by atoms with Gasteiger partial charge in [0.15, 0.2) is 8.07 Å². The highest BCUT2D eigenvalue weighted by atomic mass is 28.3. The van der Waals surface area contributed by atoms with Gasteiger partial charge in [0.1, 0.15) is 0 Å². The van der Waals surface area contributed by atoms with Gasteiger partial charge in [-0.25, -0.2) is 0 Å². The van der Waals surface area contributed by atoms with Gasteiger partial charge in [-0.2, -0.15) is 0 Å². The van der Waals surface area contributed by atoms with Crippen LogP contribution in [-0.2, 0) is 0 Å². The van der Waals surface area contributed by atoms with E-state index < -0.39 is 8.07 Å². The molecule has 2 nitrogen and oxygen atoms in total. The molecule has 0 aliphatic carbocycles. The molecular weight excluding hydrogens is 633 g/mol. The van der Waals surface area contributed by atoms with Crippen LogP contribution in [0.25, 0.3) is 66.1 Å². The van der Waals surface area contributed by atoms with Crippen molar-refractivity contribution in [3.05, 3.63) is 194 Å². The van der Waals surface area contributed by atoms with Crippen molar-refractivity contribution in [2.45, 2.75) is 0 Å². The van der Waals surface area contributed by atoms with Crippen LogP contribution in [-0.4, -0.2) is 17.2 Å². The number of benzene rings is 8. The molecule has 3 heteroatoms. The fourth-order valence-corrected chi connectivity index (χ4v) is 14.4. The minimum absolute atomic E-state index is 1.17. The number of fused-ring (bicyclic) bond motifs is 10. The van der Waals surface area contributed by atoms with Gasteiger partial charge < -0.3 is 9.13 Å². The zero-order valence-electron chi connectivity index (χ0n) is 27.9. The number of aromatic nitrogens is 2. The normalized spacial score (nSPS) is 13.3. The lowest BCUT2D eigenvalue weighted by atomic mass is 10.1. The highest BCUT2D eigenvalue weighted by Gasteiger charge is 2.48. The van der Waals surface area contributed by atoms with Crippen LogP contribution in [0, 0.1) is 0 Å². The Labute approximate surface area is 297 Å². The molecule has 0 bridgehead atoms. The second kappa shape index (κ2) is 10.8. The van der Waals surface area contributed by atoms with Gasteiger partial charge in [0.05, 0.1) is 22.1 Å². The van der Waals surface area contributed by atoms with Crippen molar-refractivity contribution in [1.82, 2.24) is 9.13 Å². The topological polar surface area (TPSA) is 9.86 Å². The van der Waals surface area contributed by atoms with E-state index in [-0.39, 0.29) is 0 Å². The van der Waals surface area contributed by atoms with Crippen LogP contribution in [0.2, 0.25) is 0 Å². The molecule has 2 aromatic heterocycles. The molecule has 10 aromatic rings. The van der Waals surface area contributed by atoms with Crippen molar-refractivity contribution in [1.29, 1.82) is 0 Å². The van der Waals surface area contributed by atoms with Crippen LogP contribution in [0.3, 0.4) is 0 Å². The number of rotatable bonds is 4. The van der Waals surface area contributed by atoms with E-state index in [1.807, 2.05) is 0 Å². The van der Waals surface area contributed by atoms with Gasteiger partial charge in [-0.3, -0.25) is 0 Å². The molecule has 0 spiro atoms. The van der Waals surface area contributed by atoms with Gasteiger partial charge in [-0.15, -0.1) is 0 Å². The molecule has 11 rings (SSSR count). The zero-order valence-corrected chi connectivity index (χ0v) is 28.9. The fourth-order valence-electron chi connectivity index (χ4n) is 9.20. The molecule has 0 saturated heterocycles. The standard InChI is InChI=1S/C48H32N2Si/c1-4-16-33(17-5-1)49-43-26-14-11-24-41(43)47-44(49)31-30-40-37-22-10-13-25-42(37)50(48(40)47)34-28-29-39-38-23-12-15-27-45(38)51(46(39)32-34,35-18-6-2-7-19-35)36-20-8-3-9-21-36/h1-32H. The molecule has 0 fully saturated rings. The summed E-state index contributed by atoms with van der Waals surface area (Å²) in [5.41, 5.74) is 9.97. The van der Waals surface area contributed by atoms with Gasteiger partial charge in [0.25, 0.3) is 0 Å². The molecule has 0 radical (unpaired) electrons. The first kappa shape index (κ1) is 28.4. The van der Waals surface area contributed by atoms with Gasteiger partial charge in [0, 0.05) is 32.9 Å². The third-order valence-corrected chi connectivity index (χ3v) is 16.0. The molecule has 1 aliphatic rings. The monoisotopic (exact) mass is 664 g/mol. The first-order valence-electron chi connectivity index (χ1n) is 17.7. The summed E-state index contributed by atoms with van der Waals surface area (Å²) in [6.45, 7) is 0. The summed E-state index contributed by atoms with van der Waals surface area (Å²) in [6.07, 6.45) is 0. The second-order valence-corrected chi connectivity index (χ2v) is 17.4. The number of para-hydroxylation sites is 3. The Bertz CT molecular complexity index is 2920. The maximum Gasteiger partial charge on any atom is 0.180 e. The maximum absolute atomic E-state index is 2.66. The SMILES string of the molecule is c1ccc(-n2c3ccccc3c3c2ccc2c4ccccc4n(-c4ccc5c(c4)[Si](c4ccccc4)(c4ccccc4)c4ccccc4-5)c23)cc1. The molecule has 3 heterocycles. The molecule has 1 aliphatic heterocycles. The maximum atomic E-state index is 2.55.